The monoisotopic (exact) mass is 201 g/mol. The zero-order valence-corrected chi connectivity index (χ0v) is 9.46. The highest BCUT2D eigenvalue weighted by Gasteiger charge is 2.04. The third-order valence-corrected chi connectivity index (χ3v) is 2.41. The first-order valence-electron chi connectivity index (χ1n) is 5.57. The summed E-state index contributed by atoms with van der Waals surface area (Å²) in [5.74, 6) is -0.182. The van der Waals surface area contributed by atoms with E-state index in [-0.39, 0.29) is 12.5 Å². The van der Waals surface area contributed by atoms with Gasteiger partial charge in [-0.3, -0.25) is 4.79 Å². The summed E-state index contributed by atoms with van der Waals surface area (Å²) in [4.78, 5) is 12.6. The Hall–Kier alpha value is -0.570. The second-order valence-electron chi connectivity index (χ2n) is 3.74. The Kier molecular flexibility index (Phi) is 8.64. The van der Waals surface area contributed by atoms with Crippen molar-refractivity contribution in [3.05, 3.63) is 0 Å². The molecule has 0 aliphatic rings. The number of hydrogen-bond acceptors (Lipinski definition) is 2. The largest absolute Gasteiger partial charge is 0.387 e. The van der Waals surface area contributed by atoms with Gasteiger partial charge in [0.2, 0.25) is 5.91 Å². The van der Waals surface area contributed by atoms with Crippen LogP contribution in [0.25, 0.3) is 0 Å². The van der Waals surface area contributed by atoms with Gasteiger partial charge in [0.25, 0.3) is 0 Å². The SMILES string of the molecule is CCCCCCCCN(C)C(=O)CO. The molecular weight excluding hydrogens is 178 g/mol. The van der Waals surface area contributed by atoms with Crippen molar-refractivity contribution in [1.82, 2.24) is 4.90 Å². The van der Waals surface area contributed by atoms with E-state index in [0.717, 1.165) is 13.0 Å². The van der Waals surface area contributed by atoms with Gasteiger partial charge in [0.05, 0.1) is 0 Å². The van der Waals surface area contributed by atoms with Gasteiger partial charge in [-0.25, -0.2) is 0 Å². The minimum absolute atomic E-state index is 0.182. The number of carbonyl (C=O) groups is 1. The smallest absolute Gasteiger partial charge is 0.248 e. The molecule has 0 spiro atoms. The maximum absolute atomic E-state index is 11.0. The van der Waals surface area contributed by atoms with E-state index in [0.29, 0.717) is 0 Å². The van der Waals surface area contributed by atoms with E-state index in [9.17, 15) is 4.79 Å². The van der Waals surface area contributed by atoms with E-state index >= 15 is 0 Å². The Bertz CT molecular complexity index is 148. The molecule has 84 valence electrons. The Morgan fingerprint density at radius 2 is 1.71 bits per heavy atom. The molecule has 0 saturated carbocycles. The molecule has 0 saturated heterocycles. The molecule has 0 aliphatic heterocycles. The molecule has 0 bridgehead atoms. The summed E-state index contributed by atoms with van der Waals surface area (Å²) in [6.07, 6.45) is 7.37. The Morgan fingerprint density at radius 1 is 1.14 bits per heavy atom. The summed E-state index contributed by atoms with van der Waals surface area (Å²) in [7, 11) is 1.74. The van der Waals surface area contributed by atoms with Crippen molar-refractivity contribution in [3.63, 3.8) is 0 Å². The minimum Gasteiger partial charge on any atom is -0.387 e. The van der Waals surface area contributed by atoms with E-state index in [2.05, 4.69) is 6.92 Å². The van der Waals surface area contributed by atoms with Crippen molar-refractivity contribution in [2.45, 2.75) is 45.4 Å². The average molecular weight is 201 g/mol. The molecule has 0 radical (unpaired) electrons. The van der Waals surface area contributed by atoms with Crippen LogP contribution < -0.4 is 0 Å². The average Bonchev–Trinajstić information content (AvgIpc) is 2.21. The lowest BCUT2D eigenvalue weighted by Crippen LogP contribution is -2.30. The van der Waals surface area contributed by atoms with Crippen molar-refractivity contribution in [2.24, 2.45) is 0 Å². The zero-order chi connectivity index (χ0) is 10.8. The zero-order valence-electron chi connectivity index (χ0n) is 9.46. The van der Waals surface area contributed by atoms with Crippen LogP contribution in [0.3, 0.4) is 0 Å². The highest BCUT2D eigenvalue weighted by Crippen LogP contribution is 2.05. The molecule has 1 amide bonds. The molecule has 3 nitrogen and oxygen atoms in total. The van der Waals surface area contributed by atoms with Crippen LogP contribution in [-0.2, 0) is 4.79 Å². The molecule has 0 aromatic carbocycles. The van der Waals surface area contributed by atoms with Gasteiger partial charge in [-0.1, -0.05) is 39.0 Å². The highest BCUT2D eigenvalue weighted by molar-refractivity contribution is 5.76. The fraction of sp³-hybridized carbons (Fsp3) is 0.909. The molecule has 0 unspecified atom stereocenters. The number of nitrogens with zero attached hydrogens (tertiary/aromatic N) is 1. The topological polar surface area (TPSA) is 40.5 Å². The van der Waals surface area contributed by atoms with E-state index in [1.807, 2.05) is 0 Å². The maximum atomic E-state index is 11.0. The van der Waals surface area contributed by atoms with Crippen LogP contribution >= 0.6 is 0 Å². The number of aliphatic hydroxyl groups is 1. The number of aliphatic hydroxyl groups excluding tert-OH is 1. The Morgan fingerprint density at radius 3 is 2.29 bits per heavy atom. The van der Waals surface area contributed by atoms with Crippen LogP contribution in [0.2, 0.25) is 0 Å². The fourth-order valence-corrected chi connectivity index (χ4v) is 1.37. The van der Waals surface area contributed by atoms with E-state index in [1.54, 1.807) is 11.9 Å². The molecule has 0 rings (SSSR count). The predicted octanol–water partition coefficient (Wildman–Crippen LogP) is 1.80. The molecule has 0 aromatic heterocycles. The lowest BCUT2D eigenvalue weighted by molar-refractivity contribution is -0.132. The first kappa shape index (κ1) is 13.4. The summed E-state index contributed by atoms with van der Waals surface area (Å²) in [6.45, 7) is 2.60. The summed E-state index contributed by atoms with van der Waals surface area (Å²) >= 11 is 0. The standard InChI is InChI=1S/C11H23NO2/c1-3-4-5-6-7-8-9-12(2)11(14)10-13/h13H,3-10H2,1-2H3. The van der Waals surface area contributed by atoms with Crippen LogP contribution in [0.4, 0.5) is 0 Å². The normalized spacial score (nSPS) is 10.2. The third kappa shape index (κ3) is 6.89. The molecule has 0 heterocycles. The van der Waals surface area contributed by atoms with Crippen molar-refractivity contribution < 1.29 is 9.90 Å². The van der Waals surface area contributed by atoms with Crippen LogP contribution in [-0.4, -0.2) is 36.1 Å². The van der Waals surface area contributed by atoms with Crippen LogP contribution in [0.1, 0.15) is 45.4 Å². The van der Waals surface area contributed by atoms with Crippen molar-refractivity contribution in [1.29, 1.82) is 0 Å². The minimum atomic E-state index is -0.369. The first-order valence-corrected chi connectivity index (χ1v) is 5.57. The number of rotatable bonds is 8. The predicted molar refractivity (Wildman–Crippen MR) is 58.1 cm³/mol. The second-order valence-corrected chi connectivity index (χ2v) is 3.74. The molecule has 0 atom stereocenters. The van der Waals surface area contributed by atoms with Gasteiger partial charge < -0.3 is 10.0 Å². The summed E-state index contributed by atoms with van der Waals surface area (Å²) < 4.78 is 0. The molecule has 0 fully saturated rings. The van der Waals surface area contributed by atoms with Gasteiger partial charge in [0, 0.05) is 13.6 Å². The quantitative estimate of drug-likeness (QED) is 0.608. The first-order chi connectivity index (χ1) is 6.72. The van der Waals surface area contributed by atoms with E-state index < -0.39 is 0 Å². The van der Waals surface area contributed by atoms with Gasteiger partial charge >= 0.3 is 0 Å². The van der Waals surface area contributed by atoms with E-state index in [1.165, 1.54) is 32.1 Å². The third-order valence-electron chi connectivity index (χ3n) is 2.41. The Labute approximate surface area is 87.1 Å². The Balaban J connectivity index is 3.23. The molecule has 1 N–H and O–H groups in total. The summed E-state index contributed by atoms with van der Waals surface area (Å²) in [6, 6.07) is 0. The van der Waals surface area contributed by atoms with Crippen LogP contribution in [0.5, 0.6) is 0 Å². The van der Waals surface area contributed by atoms with Gasteiger partial charge in [0.15, 0.2) is 0 Å². The van der Waals surface area contributed by atoms with Crippen LogP contribution in [0.15, 0.2) is 0 Å². The van der Waals surface area contributed by atoms with Gasteiger partial charge in [-0.05, 0) is 6.42 Å². The van der Waals surface area contributed by atoms with E-state index in [4.69, 9.17) is 5.11 Å². The van der Waals surface area contributed by atoms with Gasteiger partial charge in [-0.15, -0.1) is 0 Å². The number of hydrogen-bond donors (Lipinski definition) is 1. The maximum Gasteiger partial charge on any atom is 0.248 e. The van der Waals surface area contributed by atoms with Crippen molar-refractivity contribution >= 4 is 5.91 Å². The number of carbonyl (C=O) groups excluding carboxylic acids is 1. The molecule has 14 heavy (non-hydrogen) atoms. The number of unbranched alkanes of at least 4 members (excludes halogenated alkanes) is 5. The van der Waals surface area contributed by atoms with Crippen molar-refractivity contribution in [3.8, 4) is 0 Å². The summed E-state index contributed by atoms with van der Waals surface area (Å²) in [5.41, 5.74) is 0. The summed E-state index contributed by atoms with van der Waals surface area (Å²) in [5, 5.41) is 8.59. The lowest BCUT2D eigenvalue weighted by Gasteiger charge is -2.15. The molecule has 0 aliphatic carbocycles. The van der Waals surface area contributed by atoms with Crippen LogP contribution in [0, 0.1) is 0 Å². The fourth-order valence-electron chi connectivity index (χ4n) is 1.37. The van der Waals surface area contributed by atoms with Gasteiger partial charge in [-0.2, -0.15) is 0 Å². The molecule has 0 aromatic rings. The molecular formula is C11H23NO2. The molecule has 3 heteroatoms. The van der Waals surface area contributed by atoms with Gasteiger partial charge in [0.1, 0.15) is 6.61 Å². The number of likely N-dealkylation sites (N-methyl/N-ethyl adjacent to an activating group) is 1. The number of amides is 1. The second kappa shape index (κ2) is 9.00. The van der Waals surface area contributed by atoms with Crippen molar-refractivity contribution in [2.75, 3.05) is 20.2 Å². The highest BCUT2D eigenvalue weighted by atomic mass is 16.3. The lowest BCUT2D eigenvalue weighted by atomic mass is 10.1.